The lowest BCUT2D eigenvalue weighted by Gasteiger charge is -2.31. The molecule has 0 aliphatic carbocycles. The maximum atomic E-state index is 6.35. The molecule has 0 unspecified atom stereocenters. The van der Waals surface area contributed by atoms with Crippen LogP contribution >= 0.6 is 0 Å². The highest BCUT2D eigenvalue weighted by Gasteiger charge is 2.28. The third-order valence-electron chi connectivity index (χ3n) is 3.02. The summed E-state index contributed by atoms with van der Waals surface area (Å²) in [5.74, 6) is 0. The van der Waals surface area contributed by atoms with Crippen LogP contribution in [0.15, 0.2) is 12.7 Å². The Kier molecular flexibility index (Phi) is 9.17. The molecule has 0 aromatic heterocycles. The number of hydrogen-bond donors (Lipinski definition) is 0. The molecule has 108 valence electrons. The van der Waals surface area contributed by atoms with E-state index in [2.05, 4.69) is 39.3 Å². The van der Waals surface area contributed by atoms with Crippen LogP contribution in [0.5, 0.6) is 0 Å². The van der Waals surface area contributed by atoms with Gasteiger partial charge in [0.05, 0.1) is 0 Å². The maximum Gasteiger partial charge on any atom is 0.173 e. The molecule has 0 aliphatic rings. The molecule has 0 aromatic carbocycles. The minimum atomic E-state index is -1.37. The molecular formula is C15H34OSi2. The second-order valence-corrected chi connectivity index (χ2v) is 16.0. The predicted octanol–water partition coefficient (Wildman–Crippen LogP) is 5.96. The molecule has 0 aliphatic heterocycles. The zero-order valence-corrected chi connectivity index (χ0v) is 15.3. The Morgan fingerprint density at radius 1 is 0.833 bits per heavy atom. The summed E-state index contributed by atoms with van der Waals surface area (Å²) in [4.78, 5) is 0. The normalized spacial score (nSPS) is 12.7. The van der Waals surface area contributed by atoms with E-state index in [1.54, 1.807) is 0 Å². The fourth-order valence-electron chi connectivity index (χ4n) is 2.43. The average Bonchev–Trinajstić information content (AvgIpc) is 2.18. The number of rotatable bonds is 11. The van der Waals surface area contributed by atoms with Crippen molar-refractivity contribution >= 4 is 16.6 Å². The topological polar surface area (TPSA) is 9.23 Å². The minimum Gasteiger partial charge on any atom is -0.456 e. The highest BCUT2D eigenvalue weighted by molar-refractivity contribution is 6.84. The van der Waals surface area contributed by atoms with Crippen LogP contribution in [-0.2, 0) is 4.12 Å². The Morgan fingerprint density at radius 2 is 1.33 bits per heavy atom. The largest absolute Gasteiger partial charge is 0.456 e. The Balaban J connectivity index is 3.50. The van der Waals surface area contributed by atoms with E-state index in [4.69, 9.17) is 4.12 Å². The zero-order valence-electron chi connectivity index (χ0n) is 13.3. The SMILES string of the molecule is C=CCCCCCCCC[Si](C)(C)O[Si](C)(C)C. The zero-order chi connectivity index (χ0) is 14.1. The fourth-order valence-corrected chi connectivity index (χ4v) is 10.6. The van der Waals surface area contributed by atoms with E-state index in [1.807, 2.05) is 6.08 Å². The molecule has 0 spiro atoms. The van der Waals surface area contributed by atoms with E-state index in [0.717, 1.165) is 0 Å². The second-order valence-electron chi connectivity index (χ2n) is 6.92. The third kappa shape index (κ3) is 12.6. The van der Waals surface area contributed by atoms with Gasteiger partial charge in [0, 0.05) is 0 Å². The summed E-state index contributed by atoms with van der Waals surface area (Å²) < 4.78 is 6.35. The molecule has 0 bridgehead atoms. The van der Waals surface area contributed by atoms with Crippen LogP contribution in [0, 0.1) is 0 Å². The number of hydrogen-bond acceptors (Lipinski definition) is 1. The van der Waals surface area contributed by atoms with Crippen LogP contribution in [0.4, 0.5) is 0 Å². The molecule has 0 radical (unpaired) electrons. The second kappa shape index (κ2) is 9.10. The Morgan fingerprint density at radius 3 is 1.83 bits per heavy atom. The van der Waals surface area contributed by atoms with Gasteiger partial charge in [0.2, 0.25) is 0 Å². The first-order valence-corrected chi connectivity index (χ1v) is 14.1. The van der Waals surface area contributed by atoms with Crippen LogP contribution < -0.4 is 0 Å². The molecule has 0 saturated carbocycles. The summed E-state index contributed by atoms with van der Waals surface area (Å²) >= 11 is 0. The third-order valence-corrected chi connectivity index (χ3v) is 9.24. The van der Waals surface area contributed by atoms with E-state index in [9.17, 15) is 0 Å². The van der Waals surface area contributed by atoms with Gasteiger partial charge in [-0.1, -0.05) is 38.2 Å². The lowest BCUT2D eigenvalue weighted by Crippen LogP contribution is -2.42. The quantitative estimate of drug-likeness (QED) is 0.259. The molecule has 0 rings (SSSR count). The maximum absolute atomic E-state index is 6.35. The highest BCUT2D eigenvalue weighted by atomic mass is 28.4. The van der Waals surface area contributed by atoms with Crippen molar-refractivity contribution in [3.05, 3.63) is 12.7 Å². The van der Waals surface area contributed by atoms with E-state index in [1.165, 1.54) is 51.0 Å². The average molecular weight is 287 g/mol. The van der Waals surface area contributed by atoms with Gasteiger partial charge in [0.15, 0.2) is 16.6 Å². The minimum absolute atomic E-state index is 1.18. The Bertz CT molecular complexity index is 219. The molecule has 3 heteroatoms. The van der Waals surface area contributed by atoms with Gasteiger partial charge in [-0.25, -0.2) is 0 Å². The van der Waals surface area contributed by atoms with Gasteiger partial charge in [-0.15, -0.1) is 6.58 Å². The molecule has 18 heavy (non-hydrogen) atoms. The number of allylic oxidation sites excluding steroid dienone is 1. The van der Waals surface area contributed by atoms with E-state index >= 15 is 0 Å². The monoisotopic (exact) mass is 286 g/mol. The first-order chi connectivity index (χ1) is 8.27. The van der Waals surface area contributed by atoms with E-state index in [-0.39, 0.29) is 0 Å². The van der Waals surface area contributed by atoms with Gasteiger partial charge in [0.25, 0.3) is 0 Å². The molecule has 0 amide bonds. The van der Waals surface area contributed by atoms with E-state index in [0.29, 0.717) is 0 Å². The van der Waals surface area contributed by atoms with Crippen molar-refractivity contribution in [3.63, 3.8) is 0 Å². The predicted molar refractivity (Wildman–Crippen MR) is 89.2 cm³/mol. The highest BCUT2D eigenvalue weighted by Crippen LogP contribution is 2.21. The van der Waals surface area contributed by atoms with Gasteiger partial charge in [-0.05, 0) is 51.6 Å². The fraction of sp³-hybridized carbons (Fsp3) is 0.867. The van der Waals surface area contributed by atoms with Gasteiger partial charge < -0.3 is 4.12 Å². The molecule has 1 nitrogen and oxygen atoms in total. The summed E-state index contributed by atoms with van der Waals surface area (Å²) in [5.41, 5.74) is 0. The van der Waals surface area contributed by atoms with Crippen molar-refractivity contribution < 1.29 is 4.12 Å². The Hall–Kier alpha value is 0.134. The van der Waals surface area contributed by atoms with Crippen LogP contribution in [0.1, 0.15) is 44.9 Å². The van der Waals surface area contributed by atoms with Crippen molar-refractivity contribution in [2.24, 2.45) is 0 Å². The molecule has 0 atom stereocenters. The van der Waals surface area contributed by atoms with Gasteiger partial charge >= 0.3 is 0 Å². The smallest absolute Gasteiger partial charge is 0.173 e. The summed E-state index contributed by atoms with van der Waals surface area (Å²) in [6, 6.07) is 1.34. The molecule has 0 N–H and O–H groups in total. The van der Waals surface area contributed by atoms with Crippen LogP contribution in [0.3, 0.4) is 0 Å². The Labute approximate surface area is 117 Å². The summed E-state index contributed by atoms with van der Waals surface area (Å²) in [6.45, 7) is 15.4. The van der Waals surface area contributed by atoms with Crippen molar-refractivity contribution in [1.29, 1.82) is 0 Å². The van der Waals surface area contributed by atoms with Gasteiger partial charge in [-0.3, -0.25) is 0 Å². The standard InChI is InChI=1S/C15H34OSi2/c1-7-8-9-10-11-12-13-14-15-18(5,6)16-17(2,3)4/h7H,1,8-15H2,2-6H3. The van der Waals surface area contributed by atoms with Crippen molar-refractivity contribution in [1.82, 2.24) is 0 Å². The molecule has 0 saturated heterocycles. The first kappa shape index (κ1) is 18.1. The van der Waals surface area contributed by atoms with Gasteiger partial charge in [0.1, 0.15) is 0 Å². The van der Waals surface area contributed by atoms with Crippen molar-refractivity contribution in [2.75, 3.05) is 0 Å². The van der Waals surface area contributed by atoms with Crippen LogP contribution in [0.25, 0.3) is 0 Å². The van der Waals surface area contributed by atoms with Crippen molar-refractivity contribution in [3.8, 4) is 0 Å². The lowest BCUT2D eigenvalue weighted by molar-refractivity contribution is 0.535. The number of unbranched alkanes of at least 4 members (excludes halogenated alkanes) is 6. The summed E-state index contributed by atoms with van der Waals surface area (Å²) in [7, 11) is -2.70. The lowest BCUT2D eigenvalue weighted by atomic mass is 10.1. The molecular weight excluding hydrogens is 252 g/mol. The first-order valence-electron chi connectivity index (χ1n) is 7.58. The molecule has 0 heterocycles. The van der Waals surface area contributed by atoms with Crippen molar-refractivity contribution in [2.45, 2.75) is 83.7 Å². The summed E-state index contributed by atoms with van der Waals surface area (Å²) in [5, 5.41) is 0. The van der Waals surface area contributed by atoms with Crippen LogP contribution in [-0.4, -0.2) is 16.6 Å². The van der Waals surface area contributed by atoms with Crippen LogP contribution in [0.2, 0.25) is 38.8 Å². The van der Waals surface area contributed by atoms with Gasteiger partial charge in [-0.2, -0.15) is 0 Å². The summed E-state index contributed by atoms with van der Waals surface area (Å²) in [6.07, 6.45) is 11.5. The van der Waals surface area contributed by atoms with E-state index < -0.39 is 16.6 Å². The molecule has 0 fully saturated rings. The molecule has 0 aromatic rings.